The molecule has 302 valence electrons. The number of anilines is 1. The molecule has 8 atom stereocenters. The zero-order valence-corrected chi connectivity index (χ0v) is 34.7. The molecule has 2 aromatic rings. The summed E-state index contributed by atoms with van der Waals surface area (Å²) >= 11 is 6.50. The second kappa shape index (κ2) is 19.1. The Morgan fingerprint density at radius 1 is 1.13 bits per heavy atom. The van der Waals surface area contributed by atoms with Gasteiger partial charge in [-0.25, -0.2) is 4.21 Å². The van der Waals surface area contributed by atoms with E-state index in [0.29, 0.717) is 43.9 Å². The van der Waals surface area contributed by atoms with E-state index in [0.717, 1.165) is 87.7 Å². The van der Waals surface area contributed by atoms with Gasteiger partial charge >= 0.3 is 0 Å². The molecule has 3 aliphatic heterocycles. The highest BCUT2D eigenvalue weighted by atomic mass is 35.5. The number of ether oxygens (including phenoxy) is 2. The fourth-order valence-electron chi connectivity index (χ4n) is 9.22. The molecule has 8 unspecified atom stereocenters. The molecule has 1 amide bonds. The van der Waals surface area contributed by atoms with E-state index in [-0.39, 0.29) is 41.6 Å². The Morgan fingerprint density at radius 3 is 2.62 bits per heavy atom. The van der Waals surface area contributed by atoms with Crippen LogP contribution in [-0.2, 0) is 26.9 Å². The number of allylic oxidation sites excluding steroid dienone is 1. The monoisotopic (exact) mass is 796 g/mol. The summed E-state index contributed by atoms with van der Waals surface area (Å²) in [6, 6.07) is 11.9. The van der Waals surface area contributed by atoms with E-state index in [1.807, 2.05) is 32.2 Å². The van der Waals surface area contributed by atoms with Gasteiger partial charge in [-0.2, -0.15) is 0 Å². The molecule has 2 aromatic carbocycles. The number of hydrogen-bond acceptors (Lipinski definition) is 9. The number of methoxy groups -OCH3 is 1. The predicted octanol–water partition coefficient (Wildman–Crippen LogP) is 6.02. The lowest BCUT2D eigenvalue weighted by Crippen LogP contribution is -2.59. The van der Waals surface area contributed by atoms with Crippen LogP contribution in [0.5, 0.6) is 5.75 Å². The maximum Gasteiger partial charge on any atom is 0.263 e. The minimum absolute atomic E-state index is 0.0557. The number of aliphatic hydroxyl groups is 1. The van der Waals surface area contributed by atoms with E-state index in [4.69, 9.17) is 21.1 Å². The van der Waals surface area contributed by atoms with Gasteiger partial charge in [0.05, 0.1) is 17.5 Å². The fraction of sp³-hybridized carbons (Fsp3) is 0.628. The number of fused-ring (bicyclic) bond motifs is 2. The van der Waals surface area contributed by atoms with Crippen molar-refractivity contribution in [1.29, 1.82) is 0 Å². The highest BCUT2D eigenvalue weighted by Gasteiger charge is 2.48. The van der Waals surface area contributed by atoms with Gasteiger partial charge in [0.25, 0.3) is 5.91 Å². The number of aliphatic hydroxyl groups excluding tert-OH is 1. The second-order valence-electron chi connectivity index (χ2n) is 16.2. The summed E-state index contributed by atoms with van der Waals surface area (Å²) < 4.78 is 29.6. The van der Waals surface area contributed by atoms with Crippen LogP contribution in [0.4, 0.5) is 5.69 Å². The zero-order chi connectivity index (χ0) is 39.1. The molecule has 6 rings (SSSR count). The van der Waals surface area contributed by atoms with Crippen LogP contribution in [0, 0.1) is 17.8 Å². The molecule has 1 aliphatic carbocycles. The number of carbonyl (C=O) groups is 2. The van der Waals surface area contributed by atoms with Crippen molar-refractivity contribution in [3.63, 3.8) is 0 Å². The molecule has 3 heterocycles. The van der Waals surface area contributed by atoms with Crippen LogP contribution in [0.2, 0.25) is 5.02 Å². The van der Waals surface area contributed by atoms with Gasteiger partial charge in [0.2, 0.25) is 0 Å². The number of benzene rings is 2. The van der Waals surface area contributed by atoms with Gasteiger partial charge in [0.15, 0.2) is 0 Å². The van der Waals surface area contributed by atoms with Gasteiger partial charge < -0.3 is 24.3 Å². The molecular formula is C43H61ClN4O6S. The number of piperazine rings is 1. The molecule has 1 saturated carbocycles. The summed E-state index contributed by atoms with van der Waals surface area (Å²) in [5, 5.41) is 10.1. The number of halogens is 1. The molecule has 12 heteroatoms. The molecule has 4 aliphatic rings. The lowest BCUT2D eigenvalue weighted by atomic mass is 9.63. The van der Waals surface area contributed by atoms with Crippen molar-refractivity contribution >= 4 is 40.5 Å². The van der Waals surface area contributed by atoms with Crippen molar-refractivity contribution in [2.45, 2.75) is 88.5 Å². The van der Waals surface area contributed by atoms with Gasteiger partial charge in [-0.15, -0.1) is 0 Å². The molecule has 0 aromatic heterocycles. The van der Waals surface area contributed by atoms with E-state index < -0.39 is 16.6 Å². The quantitative estimate of drug-likeness (QED) is 0.208. The van der Waals surface area contributed by atoms with E-state index in [1.165, 1.54) is 11.1 Å². The third-order valence-corrected chi connectivity index (χ3v) is 14.6. The van der Waals surface area contributed by atoms with Gasteiger partial charge in [-0.05, 0) is 98.2 Å². The maximum absolute atomic E-state index is 13.6. The highest BCUT2D eigenvalue weighted by molar-refractivity contribution is 7.84. The average molecular weight is 798 g/mol. The summed E-state index contributed by atoms with van der Waals surface area (Å²) in [7, 11) is 0.267. The van der Waals surface area contributed by atoms with Gasteiger partial charge in [-0.3, -0.25) is 19.3 Å². The van der Waals surface area contributed by atoms with Crippen LogP contribution < -0.4 is 14.4 Å². The Kier molecular flexibility index (Phi) is 14.5. The molecule has 0 spiro atoms. The molecule has 55 heavy (non-hydrogen) atoms. The van der Waals surface area contributed by atoms with Crippen LogP contribution in [0.25, 0.3) is 0 Å². The second-order valence-corrected chi connectivity index (χ2v) is 18.2. The van der Waals surface area contributed by atoms with E-state index in [1.54, 1.807) is 6.07 Å². The van der Waals surface area contributed by atoms with Crippen LogP contribution in [0.1, 0.15) is 86.7 Å². The number of amides is 1. The maximum atomic E-state index is 13.6. The lowest BCUT2D eigenvalue weighted by molar-refractivity contribution is -0.109. The largest absolute Gasteiger partial charge is 0.491 e. The van der Waals surface area contributed by atoms with E-state index >= 15 is 0 Å². The molecule has 0 radical (unpaired) electrons. The third-order valence-electron chi connectivity index (χ3n) is 12.9. The van der Waals surface area contributed by atoms with E-state index in [9.17, 15) is 18.9 Å². The number of nitrogens with one attached hydrogen (secondary N) is 1. The van der Waals surface area contributed by atoms with E-state index in [2.05, 4.69) is 57.6 Å². The standard InChI is InChI=1S/C43H61ClN4O6S/c1-5-7-32-24-36(44)11-12-38(32)35-27-48-26-34-9-13-39(34)43(53-4,29-46-18-20-47(21-19-46)37(15-22-49)16-23-50)17-6-8-30(2)31(3)55(52)45-42(51)33-10-14-41(54-28-35)40(48)25-33/h6,10-12,14,17,22,24-25,30-31,34-35,37,39,50H,5,7-9,13,15-16,18-21,23,26-29H2,1-4H3,(H,45,51)/b17-6+. The Hall–Kier alpha value is -2.80. The number of nitrogens with zero attached hydrogens (tertiary/aromatic N) is 3. The summed E-state index contributed by atoms with van der Waals surface area (Å²) in [4.78, 5) is 32.3. The molecule has 2 fully saturated rings. The number of rotatable bonds is 11. The minimum Gasteiger partial charge on any atom is -0.491 e. The number of aldehydes is 1. The van der Waals surface area contributed by atoms with Gasteiger partial charge in [0, 0.05) is 88.5 Å². The first kappa shape index (κ1) is 41.8. The van der Waals surface area contributed by atoms with Crippen LogP contribution >= 0.6 is 11.6 Å². The zero-order valence-electron chi connectivity index (χ0n) is 33.1. The van der Waals surface area contributed by atoms with Gasteiger partial charge in [-0.1, -0.05) is 50.1 Å². The summed E-state index contributed by atoms with van der Waals surface area (Å²) in [5.41, 5.74) is 3.30. The highest BCUT2D eigenvalue weighted by Crippen LogP contribution is 2.47. The Morgan fingerprint density at radius 2 is 1.93 bits per heavy atom. The molecule has 2 N–H and O–H groups in total. The first-order valence-corrected chi connectivity index (χ1v) is 21.9. The lowest BCUT2D eigenvalue weighted by Gasteiger charge is -2.52. The van der Waals surface area contributed by atoms with Crippen LogP contribution in [-0.4, -0.2) is 114 Å². The van der Waals surface area contributed by atoms with Crippen LogP contribution in [0.3, 0.4) is 0 Å². The average Bonchev–Trinajstić information content (AvgIpc) is 3.35. The minimum atomic E-state index is -1.58. The first-order chi connectivity index (χ1) is 26.6. The smallest absolute Gasteiger partial charge is 0.263 e. The topological polar surface area (TPSA) is 112 Å². The Labute approximate surface area is 335 Å². The molecule has 1 saturated heterocycles. The first-order valence-electron chi connectivity index (χ1n) is 20.3. The Balaban J connectivity index is 1.34. The predicted molar refractivity (Wildman–Crippen MR) is 220 cm³/mol. The number of aryl methyl sites for hydroxylation is 1. The number of hydrogen-bond donors (Lipinski definition) is 2. The SMILES string of the molecule is CCCc1cc(Cl)ccc1C1COc2ccc3cc2N(C1)CC1CCC1C(CN1CCN(C(CC=O)CCO)CC1)(OC)/C=C/CC(C)C(C)S(=O)NC3=O. The van der Waals surface area contributed by atoms with Crippen molar-refractivity contribution in [2.24, 2.45) is 17.8 Å². The van der Waals surface area contributed by atoms with Crippen molar-refractivity contribution in [2.75, 3.05) is 71.0 Å². The summed E-state index contributed by atoms with van der Waals surface area (Å²) in [5.74, 6) is 1.12. The number of carbonyl (C=O) groups excluding carboxylic acids is 2. The van der Waals surface area contributed by atoms with Crippen LogP contribution in [0.15, 0.2) is 48.6 Å². The van der Waals surface area contributed by atoms with Crippen molar-refractivity contribution in [1.82, 2.24) is 14.5 Å². The van der Waals surface area contributed by atoms with Gasteiger partial charge in [0.1, 0.15) is 28.6 Å². The third kappa shape index (κ3) is 9.67. The van der Waals surface area contributed by atoms with Crippen molar-refractivity contribution in [3.8, 4) is 5.75 Å². The summed E-state index contributed by atoms with van der Waals surface area (Å²) in [6.45, 7) is 12.4. The molecule has 2 bridgehead atoms. The Bertz CT molecular complexity index is 1690. The van der Waals surface area contributed by atoms with Crippen molar-refractivity contribution in [3.05, 3.63) is 70.3 Å². The molecule has 10 nitrogen and oxygen atoms in total. The summed E-state index contributed by atoms with van der Waals surface area (Å²) in [6.07, 6.45) is 11.3. The van der Waals surface area contributed by atoms with Crippen molar-refractivity contribution < 1.29 is 28.4 Å². The fourth-order valence-corrected chi connectivity index (χ4v) is 10.4. The normalized spacial score (nSPS) is 30.6. The molecular weight excluding hydrogens is 736 g/mol.